The van der Waals surface area contributed by atoms with Gasteiger partial charge in [-0.2, -0.15) is 0 Å². The normalized spacial score (nSPS) is 10.4. The number of aromatic nitrogens is 2. The zero-order valence-corrected chi connectivity index (χ0v) is 14.9. The fourth-order valence-corrected chi connectivity index (χ4v) is 2.53. The highest BCUT2D eigenvalue weighted by Gasteiger charge is 2.09. The highest BCUT2D eigenvalue weighted by atomic mass is 16.5. The van der Waals surface area contributed by atoms with E-state index in [-0.39, 0.29) is 0 Å². The molecule has 0 aliphatic rings. The van der Waals surface area contributed by atoms with E-state index in [0.717, 1.165) is 34.0 Å². The predicted molar refractivity (Wildman–Crippen MR) is 104 cm³/mol. The second kappa shape index (κ2) is 8.31. The molecular formula is C20H22N4O2. The molecule has 3 rings (SSSR count). The number of nitrogens with zero attached hydrogens (tertiary/aromatic N) is 2. The van der Waals surface area contributed by atoms with Crippen LogP contribution in [0.1, 0.15) is 0 Å². The number of nitrogens with two attached hydrogens (primary N) is 1. The number of methoxy groups -OCH3 is 2. The summed E-state index contributed by atoms with van der Waals surface area (Å²) in [5, 5.41) is 3.16. The largest absolute Gasteiger partial charge is 0.497 e. The molecule has 0 aliphatic carbocycles. The average molecular weight is 350 g/mol. The Morgan fingerprint density at radius 3 is 1.65 bits per heavy atom. The van der Waals surface area contributed by atoms with Crippen LogP contribution in [0.25, 0.3) is 22.5 Å². The molecule has 0 fully saturated rings. The van der Waals surface area contributed by atoms with E-state index in [4.69, 9.17) is 15.2 Å². The summed E-state index contributed by atoms with van der Waals surface area (Å²) in [6.45, 7) is 1.11. The zero-order chi connectivity index (χ0) is 18.4. The van der Waals surface area contributed by atoms with E-state index in [9.17, 15) is 0 Å². The Kier molecular flexibility index (Phi) is 5.66. The van der Waals surface area contributed by atoms with Crippen LogP contribution >= 0.6 is 0 Å². The second-order valence-corrected chi connectivity index (χ2v) is 5.63. The molecule has 134 valence electrons. The van der Waals surface area contributed by atoms with Gasteiger partial charge in [0.1, 0.15) is 11.5 Å². The lowest BCUT2D eigenvalue weighted by Gasteiger charge is -2.10. The summed E-state index contributed by atoms with van der Waals surface area (Å²) in [6, 6.07) is 17.5. The van der Waals surface area contributed by atoms with Crippen molar-refractivity contribution < 1.29 is 9.47 Å². The van der Waals surface area contributed by atoms with Crippen molar-refractivity contribution in [2.45, 2.75) is 0 Å². The van der Waals surface area contributed by atoms with E-state index in [1.807, 2.05) is 54.6 Å². The smallest absolute Gasteiger partial charge is 0.223 e. The van der Waals surface area contributed by atoms with Gasteiger partial charge in [0.05, 0.1) is 25.6 Å². The van der Waals surface area contributed by atoms with E-state index in [1.165, 1.54) is 0 Å². The highest BCUT2D eigenvalue weighted by molar-refractivity contribution is 5.70. The van der Waals surface area contributed by atoms with Crippen molar-refractivity contribution in [2.75, 3.05) is 32.6 Å². The van der Waals surface area contributed by atoms with Gasteiger partial charge in [-0.25, -0.2) is 9.97 Å². The lowest BCUT2D eigenvalue weighted by Crippen LogP contribution is -2.15. The van der Waals surface area contributed by atoms with Gasteiger partial charge in [0, 0.05) is 24.2 Å². The minimum atomic E-state index is 0.508. The predicted octanol–water partition coefficient (Wildman–Crippen LogP) is 3.20. The van der Waals surface area contributed by atoms with Gasteiger partial charge in [-0.05, 0) is 54.6 Å². The third-order valence-electron chi connectivity index (χ3n) is 3.93. The SMILES string of the molecule is COc1ccc(-c2cc(-c3ccc(OC)cc3)nc(NCCN)n2)cc1. The van der Waals surface area contributed by atoms with E-state index < -0.39 is 0 Å². The van der Waals surface area contributed by atoms with Gasteiger partial charge in [0.25, 0.3) is 0 Å². The molecule has 6 nitrogen and oxygen atoms in total. The van der Waals surface area contributed by atoms with Crippen molar-refractivity contribution in [3.63, 3.8) is 0 Å². The minimum absolute atomic E-state index is 0.508. The lowest BCUT2D eigenvalue weighted by molar-refractivity contribution is 0.415. The van der Waals surface area contributed by atoms with E-state index >= 15 is 0 Å². The lowest BCUT2D eigenvalue weighted by atomic mass is 10.1. The zero-order valence-electron chi connectivity index (χ0n) is 14.9. The van der Waals surface area contributed by atoms with Crippen LogP contribution in [0.15, 0.2) is 54.6 Å². The average Bonchev–Trinajstić information content (AvgIpc) is 2.72. The molecule has 0 bridgehead atoms. The van der Waals surface area contributed by atoms with Gasteiger partial charge < -0.3 is 20.5 Å². The van der Waals surface area contributed by atoms with Crippen LogP contribution in [0.2, 0.25) is 0 Å². The number of benzene rings is 2. The van der Waals surface area contributed by atoms with E-state index in [2.05, 4.69) is 15.3 Å². The molecule has 0 saturated heterocycles. The van der Waals surface area contributed by atoms with E-state index in [0.29, 0.717) is 19.0 Å². The first-order valence-corrected chi connectivity index (χ1v) is 8.35. The van der Waals surface area contributed by atoms with Gasteiger partial charge >= 0.3 is 0 Å². The Hall–Kier alpha value is -3.12. The molecule has 6 heteroatoms. The van der Waals surface area contributed by atoms with Crippen molar-refractivity contribution in [1.82, 2.24) is 9.97 Å². The Labute approximate surface area is 153 Å². The molecule has 1 aromatic heterocycles. The maximum Gasteiger partial charge on any atom is 0.223 e. The molecule has 0 spiro atoms. The first-order valence-electron chi connectivity index (χ1n) is 8.35. The Bertz CT molecular complexity index is 783. The summed E-state index contributed by atoms with van der Waals surface area (Å²) in [5.74, 6) is 2.16. The Morgan fingerprint density at radius 2 is 1.27 bits per heavy atom. The van der Waals surface area contributed by atoms with Crippen LogP contribution < -0.4 is 20.5 Å². The van der Waals surface area contributed by atoms with Gasteiger partial charge in [-0.3, -0.25) is 0 Å². The summed E-state index contributed by atoms with van der Waals surface area (Å²) in [5.41, 5.74) is 9.22. The van der Waals surface area contributed by atoms with Crippen LogP contribution in [-0.4, -0.2) is 37.3 Å². The van der Waals surface area contributed by atoms with Gasteiger partial charge in [0.15, 0.2) is 0 Å². The number of anilines is 1. The number of hydrogen-bond donors (Lipinski definition) is 2. The van der Waals surface area contributed by atoms with Crippen molar-refractivity contribution in [3.8, 4) is 34.0 Å². The standard InChI is InChI=1S/C20H22N4O2/c1-25-16-7-3-14(4-8-16)18-13-19(24-20(23-18)22-12-11-21)15-5-9-17(26-2)10-6-15/h3-10,13H,11-12,21H2,1-2H3,(H,22,23,24). The van der Waals surface area contributed by atoms with Crippen molar-refractivity contribution >= 4 is 5.95 Å². The number of rotatable bonds is 7. The highest BCUT2D eigenvalue weighted by Crippen LogP contribution is 2.27. The quantitative estimate of drug-likeness (QED) is 0.681. The van der Waals surface area contributed by atoms with Gasteiger partial charge in [-0.15, -0.1) is 0 Å². The summed E-state index contributed by atoms with van der Waals surface area (Å²) in [4.78, 5) is 9.23. The molecule has 0 atom stereocenters. The molecule has 0 unspecified atom stereocenters. The fraction of sp³-hybridized carbons (Fsp3) is 0.200. The van der Waals surface area contributed by atoms with Crippen molar-refractivity contribution in [2.24, 2.45) is 5.73 Å². The molecule has 2 aromatic carbocycles. The third-order valence-corrected chi connectivity index (χ3v) is 3.93. The van der Waals surface area contributed by atoms with Crippen LogP contribution in [0.5, 0.6) is 11.5 Å². The van der Waals surface area contributed by atoms with Crippen LogP contribution in [0, 0.1) is 0 Å². The van der Waals surface area contributed by atoms with Crippen molar-refractivity contribution in [1.29, 1.82) is 0 Å². The summed E-state index contributed by atoms with van der Waals surface area (Å²) in [7, 11) is 3.30. The molecule has 1 heterocycles. The third kappa shape index (κ3) is 4.10. The van der Waals surface area contributed by atoms with Crippen LogP contribution in [-0.2, 0) is 0 Å². The Morgan fingerprint density at radius 1 is 0.808 bits per heavy atom. The van der Waals surface area contributed by atoms with Crippen LogP contribution in [0.4, 0.5) is 5.95 Å². The topological polar surface area (TPSA) is 82.3 Å². The second-order valence-electron chi connectivity index (χ2n) is 5.63. The number of nitrogens with one attached hydrogen (secondary N) is 1. The molecular weight excluding hydrogens is 328 g/mol. The molecule has 3 N–H and O–H groups in total. The molecule has 0 saturated carbocycles. The molecule has 0 amide bonds. The number of ether oxygens (including phenoxy) is 2. The fourth-order valence-electron chi connectivity index (χ4n) is 2.53. The van der Waals surface area contributed by atoms with Gasteiger partial charge in [-0.1, -0.05) is 0 Å². The molecule has 0 radical (unpaired) electrons. The maximum atomic E-state index is 5.59. The monoisotopic (exact) mass is 350 g/mol. The van der Waals surface area contributed by atoms with Crippen LogP contribution in [0.3, 0.4) is 0 Å². The van der Waals surface area contributed by atoms with E-state index in [1.54, 1.807) is 14.2 Å². The Balaban J connectivity index is 2.02. The molecule has 3 aromatic rings. The summed E-state index contributed by atoms with van der Waals surface area (Å²) < 4.78 is 10.5. The summed E-state index contributed by atoms with van der Waals surface area (Å²) in [6.07, 6.45) is 0. The molecule has 26 heavy (non-hydrogen) atoms. The number of hydrogen-bond acceptors (Lipinski definition) is 6. The summed E-state index contributed by atoms with van der Waals surface area (Å²) >= 11 is 0. The first-order chi connectivity index (χ1) is 12.7. The first kappa shape index (κ1) is 17.7. The minimum Gasteiger partial charge on any atom is -0.497 e. The molecule has 0 aliphatic heterocycles. The van der Waals surface area contributed by atoms with Crippen molar-refractivity contribution in [3.05, 3.63) is 54.6 Å². The maximum absolute atomic E-state index is 5.59. The van der Waals surface area contributed by atoms with Gasteiger partial charge in [0.2, 0.25) is 5.95 Å².